The third-order valence-electron chi connectivity index (χ3n) is 5.78. The molecule has 0 aromatic heterocycles. The number of piperazine rings is 1. The highest BCUT2D eigenvalue weighted by atomic mass is 35.5. The van der Waals surface area contributed by atoms with Gasteiger partial charge >= 0.3 is 5.97 Å². The number of rotatable bonds is 7. The molecule has 2 saturated heterocycles. The van der Waals surface area contributed by atoms with Crippen LogP contribution in [-0.2, 0) is 9.53 Å². The van der Waals surface area contributed by atoms with Gasteiger partial charge in [0.2, 0.25) is 0 Å². The number of esters is 1. The first-order valence-corrected chi connectivity index (χ1v) is 10.1. The zero-order valence-corrected chi connectivity index (χ0v) is 19.1. The molecule has 29 heavy (non-hydrogen) atoms. The summed E-state index contributed by atoms with van der Waals surface area (Å²) < 4.78 is 10.0. The fraction of sp³-hybridized carbons (Fsp3) is 0.667. The van der Waals surface area contributed by atoms with Crippen molar-refractivity contribution in [3.63, 3.8) is 0 Å². The molecule has 1 atom stereocenters. The Balaban J connectivity index is 0.00000210. The van der Waals surface area contributed by atoms with E-state index < -0.39 is 0 Å². The van der Waals surface area contributed by atoms with Crippen LogP contribution in [-0.4, -0.2) is 69.9 Å². The Hall–Kier alpha value is -1.21. The summed E-state index contributed by atoms with van der Waals surface area (Å²) >= 11 is 0. The standard InChI is InChI=1S/C21H33N3O3.2ClH/c1-17-15-23(12-9-18-7-10-22-11-8-18)13-14-24(17)19-3-5-20(6-4-19)27-16-21(25)26-2;;/h3-6,17-18,22H,7-16H2,1-2H3;2*1H. The summed E-state index contributed by atoms with van der Waals surface area (Å²) in [6.07, 6.45) is 4.00. The van der Waals surface area contributed by atoms with Crippen molar-refractivity contribution in [2.75, 3.05) is 57.9 Å². The minimum Gasteiger partial charge on any atom is -0.482 e. The number of nitrogens with one attached hydrogen (secondary N) is 1. The first-order valence-electron chi connectivity index (χ1n) is 10.1. The van der Waals surface area contributed by atoms with E-state index >= 15 is 0 Å². The maximum absolute atomic E-state index is 11.2. The lowest BCUT2D eigenvalue weighted by atomic mass is 9.94. The predicted molar refractivity (Wildman–Crippen MR) is 122 cm³/mol. The molecule has 8 heteroatoms. The van der Waals surface area contributed by atoms with Gasteiger partial charge in [-0.2, -0.15) is 0 Å². The molecule has 0 radical (unpaired) electrons. The van der Waals surface area contributed by atoms with Crippen LogP contribution in [0.15, 0.2) is 24.3 Å². The van der Waals surface area contributed by atoms with E-state index in [1.807, 2.05) is 12.1 Å². The lowest BCUT2D eigenvalue weighted by Gasteiger charge is -2.42. The number of methoxy groups -OCH3 is 1. The highest BCUT2D eigenvalue weighted by molar-refractivity contribution is 5.85. The van der Waals surface area contributed by atoms with E-state index in [4.69, 9.17) is 4.74 Å². The molecule has 0 spiro atoms. The van der Waals surface area contributed by atoms with Crippen molar-refractivity contribution < 1.29 is 14.3 Å². The normalized spacial score (nSPS) is 20.3. The van der Waals surface area contributed by atoms with Gasteiger partial charge in [-0.3, -0.25) is 4.90 Å². The first kappa shape index (κ1) is 25.8. The number of benzene rings is 1. The lowest BCUT2D eigenvalue weighted by molar-refractivity contribution is -0.142. The van der Waals surface area contributed by atoms with Crippen molar-refractivity contribution in [2.24, 2.45) is 5.92 Å². The molecular formula is C21H35Cl2N3O3. The molecular weight excluding hydrogens is 413 g/mol. The fourth-order valence-electron chi connectivity index (χ4n) is 4.09. The van der Waals surface area contributed by atoms with E-state index in [9.17, 15) is 4.79 Å². The maximum Gasteiger partial charge on any atom is 0.343 e. The monoisotopic (exact) mass is 447 g/mol. The zero-order valence-electron chi connectivity index (χ0n) is 17.5. The summed E-state index contributed by atoms with van der Waals surface area (Å²) in [5, 5.41) is 3.45. The molecule has 0 aliphatic carbocycles. The van der Waals surface area contributed by atoms with E-state index in [2.05, 4.69) is 38.9 Å². The summed E-state index contributed by atoms with van der Waals surface area (Å²) in [7, 11) is 1.36. The second-order valence-corrected chi connectivity index (χ2v) is 7.68. The number of hydrogen-bond donors (Lipinski definition) is 1. The molecule has 0 bridgehead atoms. The van der Waals surface area contributed by atoms with Crippen molar-refractivity contribution in [2.45, 2.75) is 32.2 Å². The molecule has 1 aromatic rings. The molecule has 2 aliphatic rings. The van der Waals surface area contributed by atoms with Gasteiger partial charge in [-0.25, -0.2) is 4.79 Å². The third kappa shape index (κ3) is 7.85. The average Bonchev–Trinajstić information content (AvgIpc) is 2.72. The van der Waals surface area contributed by atoms with Crippen LogP contribution >= 0.6 is 24.8 Å². The fourth-order valence-corrected chi connectivity index (χ4v) is 4.09. The van der Waals surface area contributed by atoms with E-state index in [1.165, 1.54) is 51.7 Å². The summed E-state index contributed by atoms with van der Waals surface area (Å²) in [4.78, 5) is 16.2. The van der Waals surface area contributed by atoms with Crippen molar-refractivity contribution in [3.8, 4) is 5.75 Å². The third-order valence-corrected chi connectivity index (χ3v) is 5.78. The number of ether oxygens (including phenoxy) is 2. The second kappa shape index (κ2) is 13.2. The van der Waals surface area contributed by atoms with Gasteiger partial charge in [0.15, 0.2) is 6.61 Å². The Morgan fingerprint density at radius 1 is 1.14 bits per heavy atom. The summed E-state index contributed by atoms with van der Waals surface area (Å²) in [6, 6.07) is 8.50. The minimum atomic E-state index is -0.367. The van der Waals surface area contributed by atoms with Crippen LogP contribution in [0.3, 0.4) is 0 Å². The Morgan fingerprint density at radius 3 is 2.45 bits per heavy atom. The van der Waals surface area contributed by atoms with Crippen molar-refractivity contribution in [1.82, 2.24) is 10.2 Å². The number of hydrogen-bond acceptors (Lipinski definition) is 6. The number of carbonyl (C=O) groups excluding carboxylic acids is 1. The van der Waals surface area contributed by atoms with E-state index in [0.29, 0.717) is 11.8 Å². The highest BCUT2D eigenvalue weighted by Gasteiger charge is 2.24. The number of halogens is 2. The molecule has 3 rings (SSSR count). The SMILES string of the molecule is COC(=O)COc1ccc(N2CCN(CCC3CCNCC3)CC2C)cc1.Cl.Cl. The molecule has 6 nitrogen and oxygen atoms in total. The lowest BCUT2D eigenvalue weighted by Crippen LogP contribution is -2.52. The van der Waals surface area contributed by atoms with Gasteiger partial charge in [0.25, 0.3) is 0 Å². The van der Waals surface area contributed by atoms with Crippen molar-refractivity contribution >= 4 is 36.5 Å². The van der Waals surface area contributed by atoms with Crippen LogP contribution < -0.4 is 15.0 Å². The van der Waals surface area contributed by atoms with E-state index in [0.717, 1.165) is 25.6 Å². The molecule has 2 aliphatic heterocycles. The highest BCUT2D eigenvalue weighted by Crippen LogP contribution is 2.24. The van der Waals surface area contributed by atoms with Crippen LogP contribution in [0.5, 0.6) is 5.75 Å². The summed E-state index contributed by atoms with van der Waals surface area (Å²) in [5.41, 5.74) is 1.21. The van der Waals surface area contributed by atoms with Gasteiger partial charge in [0.1, 0.15) is 5.75 Å². The molecule has 0 amide bonds. The first-order chi connectivity index (χ1) is 13.2. The summed E-state index contributed by atoms with van der Waals surface area (Å²) in [5.74, 6) is 1.22. The van der Waals surface area contributed by atoms with Gasteiger partial charge in [-0.15, -0.1) is 24.8 Å². The molecule has 1 aromatic carbocycles. The van der Waals surface area contributed by atoms with Gasteiger partial charge < -0.3 is 19.7 Å². The Bertz CT molecular complexity index is 597. The van der Waals surface area contributed by atoms with Gasteiger partial charge in [0, 0.05) is 31.4 Å². The number of anilines is 1. The number of piperidine rings is 1. The minimum absolute atomic E-state index is 0. The molecule has 1 unspecified atom stereocenters. The van der Waals surface area contributed by atoms with Crippen LogP contribution in [0.4, 0.5) is 5.69 Å². The molecule has 1 N–H and O–H groups in total. The molecule has 2 fully saturated rings. The topological polar surface area (TPSA) is 54.0 Å². The smallest absolute Gasteiger partial charge is 0.343 e. The Labute approximate surface area is 187 Å². The molecule has 166 valence electrons. The van der Waals surface area contributed by atoms with Crippen LogP contribution in [0.1, 0.15) is 26.2 Å². The number of nitrogens with zero attached hydrogens (tertiary/aromatic N) is 2. The van der Waals surface area contributed by atoms with Crippen LogP contribution in [0, 0.1) is 5.92 Å². The largest absolute Gasteiger partial charge is 0.482 e. The predicted octanol–water partition coefficient (Wildman–Crippen LogP) is 2.98. The summed E-state index contributed by atoms with van der Waals surface area (Å²) in [6.45, 7) is 9.14. The molecule has 0 saturated carbocycles. The van der Waals surface area contributed by atoms with Gasteiger partial charge in [0.05, 0.1) is 7.11 Å². The van der Waals surface area contributed by atoms with Crippen molar-refractivity contribution in [1.29, 1.82) is 0 Å². The maximum atomic E-state index is 11.2. The molecule has 2 heterocycles. The van der Waals surface area contributed by atoms with Crippen molar-refractivity contribution in [3.05, 3.63) is 24.3 Å². The average molecular weight is 448 g/mol. The second-order valence-electron chi connectivity index (χ2n) is 7.68. The Morgan fingerprint density at radius 2 is 1.83 bits per heavy atom. The quantitative estimate of drug-likeness (QED) is 0.648. The van der Waals surface area contributed by atoms with Crippen LogP contribution in [0.2, 0.25) is 0 Å². The van der Waals surface area contributed by atoms with Crippen LogP contribution in [0.25, 0.3) is 0 Å². The van der Waals surface area contributed by atoms with Gasteiger partial charge in [-0.1, -0.05) is 0 Å². The Kier molecular flexibility index (Phi) is 11.7. The van der Waals surface area contributed by atoms with Gasteiger partial charge in [-0.05, 0) is 76.0 Å². The van der Waals surface area contributed by atoms with E-state index in [-0.39, 0.29) is 37.4 Å². The number of carbonyl (C=O) groups is 1. The zero-order chi connectivity index (χ0) is 19.1. The van der Waals surface area contributed by atoms with E-state index in [1.54, 1.807) is 0 Å².